The lowest BCUT2D eigenvalue weighted by atomic mass is 10.3. The van der Waals surface area contributed by atoms with Gasteiger partial charge in [-0.1, -0.05) is 6.07 Å². The van der Waals surface area contributed by atoms with Crippen LogP contribution in [-0.2, 0) is 5.75 Å². The Morgan fingerprint density at radius 2 is 2.33 bits per heavy atom. The molecular formula is C11H11NOS2. The lowest BCUT2D eigenvalue weighted by Crippen LogP contribution is -1.74. The number of aromatic nitrogens is 1. The second kappa shape index (κ2) is 4.68. The van der Waals surface area contributed by atoms with Crippen LogP contribution in [0.4, 0.5) is 0 Å². The van der Waals surface area contributed by atoms with Crippen LogP contribution in [0.25, 0.3) is 0 Å². The van der Waals surface area contributed by atoms with E-state index < -0.39 is 0 Å². The first kappa shape index (κ1) is 10.5. The summed E-state index contributed by atoms with van der Waals surface area (Å²) in [7, 11) is 0. The molecule has 0 saturated carbocycles. The second-order valence-corrected chi connectivity index (χ2v) is 5.50. The fraction of sp³-hybridized carbons (Fsp3) is 0.182. The van der Waals surface area contributed by atoms with Crippen LogP contribution in [0.5, 0.6) is 5.75 Å². The van der Waals surface area contributed by atoms with E-state index in [1.807, 2.05) is 25.3 Å². The van der Waals surface area contributed by atoms with Gasteiger partial charge >= 0.3 is 0 Å². The number of rotatable bonds is 3. The average molecular weight is 237 g/mol. The minimum atomic E-state index is 0.320. The third kappa shape index (κ3) is 2.97. The molecule has 0 unspecified atom stereocenters. The van der Waals surface area contributed by atoms with Crippen LogP contribution in [0.2, 0.25) is 0 Å². The number of hydrogen-bond donors (Lipinski definition) is 1. The number of aromatic hydroxyl groups is 1. The summed E-state index contributed by atoms with van der Waals surface area (Å²) in [5.74, 6) is 1.23. The molecule has 2 nitrogen and oxygen atoms in total. The topological polar surface area (TPSA) is 33.1 Å². The zero-order valence-electron chi connectivity index (χ0n) is 8.30. The number of nitrogens with zero attached hydrogens (tertiary/aromatic N) is 1. The summed E-state index contributed by atoms with van der Waals surface area (Å²) < 4.78 is 0. The van der Waals surface area contributed by atoms with Crippen LogP contribution in [0.3, 0.4) is 0 Å². The molecule has 0 fully saturated rings. The van der Waals surface area contributed by atoms with Crippen molar-refractivity contribution in [1.82, 2.24) is 4.98 Å². The molecule has 2 rings (SSSR count). The Balaban J connectivity index is 1.99. The minimum absolute atomic E-state index is 0.320. The molecular weight excluding hydrogens is 226 g/mol. The maximum absolute atomic E-state index is 9.29. The first-order chi connectivity index (χ1) is 7.24. The fourth-order valence-electron chi connectivity index (χ4n) is 1.20. The molecule has 78 valence electrons. The first-order valence-corrected chi connectivity index (χ1v) is 6.37. The predicted molar refractivity (Wildman–Crippen MR) is 64.5 cm³/mol. The van der Waals surface area contributed by atoms with Crippen molar-refractivity contribution < 1.29 is 5.11 Å². The van der Waals surface area contributed by atoms with E-state index in [0.717, 1.165) is 15.7 Å². The van der Waals surface area contributed by atoms with Gasteiger partial charge in [0.15, 0.2) is 0 Å². The van der Waals surface area contributed by atoms with E-state index in [9.17, 15) is 5.11 Å². The van der Waals surface area contributed by atoms with E-state index in [4.69, 9.17) is 0 Å². The Hall–Kier alpha value is -1.00. The molecule has 0 spiro atoms. The summed E-state index contributed by atoms with van der Waals surface area (Å²) in [4.78, 5) is 6.55. The van der Waals surface area contributed by atoms with Crippen LogP contribution in [-0.4, -0.2) is 10.1 Å². The fourth-order valence-corrected chi connectivity index (χ4v) is 2.96. The molecule has 4 heteroatoms. The lowest BCUT2D eigenvalue weighted by Gasteiger charge is -1.99. The van der Waals surface area contributed by atoms with Crippen molar-refractivity contribution in [3.8, 4) is 5.75 Å². The van der Waals surface area contributed by atoms with Crippen LogP contribution >= 0.6 is 23.1 Å². The third-order valence-electron chi connectivity index (χ3n) is 1.87. The molecule has 15 heavy (non-hydrogen) atoms. The van der Waals surface area contributed by atoms with Crippen molar-refractivity contribution in [1.29, 1.82) is 0 Å². The molecule has 2 aromatic rings. The third-order valence-corrected chi connectivity index (χ3v) is 4.01. The Morgan fingerprint density at radius 1 is 1.47 bits per heavy atom. The summed E-state index contributed by atoms with van der Waals surface area (Å²) >= 11 is 3.43. The summed E-state index contributed by atoms with van der Waals surface area (Å²) in [6.45, 7) is 2.01. The van der Waals surface area contributed by atoms with E-state index in [0.29, 0.717) is 5.75 Å². The Morgan fingerprint density at radius 3 is 3.00 bits per heavy atom. The highest BCUT2D eigenvalue weighted by atomic mass is 32.2. The number of hydrogen-bond acceptors (Lipinski definition) is 4. The van der Waals surface area contributed by atoms with Gasteiger partial charge in [-0.15, -0.1) is 23.1 Å². The smallest absolute Gasteiger partial charge is 0.116 e. The molecule has 0 saturated heterocycles. The molecule has 0 amide bonds. The monoisotopic (exact) mass is 237 g/mol. The van der Waals surface area contributed by atoms with Gasteiger partial charge in [-0.25, -0.2) is 4.98 Å². The zero-order valence-corrected chi connectivity index (χ0v) is 9.94. The number of aryl methyl sites for hydroxylation is 1. The van der Waals surface area contributed by atoms with Crippen LogP contribution in [0.1, 0.15) is 9.88 Å². The van der Waals surface area contributed by atoms with E-state index in [2.05, 4.69) is 4.98 Å². The van der Waals surface area contributed by atoms with Gasteiger partial charge in [0.2, 0.25) is 0 Å². The summed E-state index contributed by atoms with van der Waals surface area (Å²) in [5, 5.41) is 10.4. The molecule has 1 aromatic carbocycles. The van der Waals surface area contributed by atoms with Gasteiger partial charge < -0.3 is 5.11 Å². The van der Waals surface area contributed by atoms with Gasteiger partial charge in [0.25, 0.3) is 0 Å². The molecule has 0 aliphatic heterocycles. The van der Waals surface area contributed by atoms with Gasteiger partial charge in [-0.05, 0) is 25.1 Å². The lowest BCUT2D eigenvalue weighted by molar-refractivity contribution is 0.474. The number of benzene rings is 1. The van der Waals surface area contributed by atoms with E-state index in [1.54, 1.807) is 35.2 Å². The Kier molecular flexibility index (Phi) is 3.28. The van der Waals surface area contributed by atoms with E-state index in [-0.39, 0.29) is 0 Å². The van der Waals surface area contributed by atoms with Crippen molar-refractivity contribution in [2.45, 2.75) is 17.6 Å². The summed E-state index contributed by atoms with van der Waals surface area (Å²) in [5.41, 5.74) is 0. The maximum atomic E-state index is 9.29. The van der Waals surface area contributed by atoms with Crippen molar-refractivity contribution in [2.24, 2.45) is 0 Å². The predicted octanol–water partition coefficient (Wildman–Crippen LogP) is 3.45. The van der Waals surface area contributed by atoms with Gasteiger partial charge in [0.1, 0.15) is 5.75 Å². The molecule has 1 N–H and O–H groups in total. The molecule has 0 aliphatic carbocycles. The zero-order chi connectivity index (χ0) is 10.7. The number of thiazole rings is 1. The summed E-state index contributed by atoms with van der Waals surface area (Å²) in [6, 6.07) is 7.31. The molecule has 0 atom stereocenters. The summed E-state index contributed by atoms with van der Waals surface area (Å²) in [6.07, 6.45) is 1.91. The molecule has 1 heterocycles. The highest BCUT2D eigenvalue weighted by Gasteiger charge is 2.00. The Bertz CT molecular complexity index is 453. The highest BCUT2D eigenvalue weighted by Crippen LogP contribution is 2.27. The van der Waals surface area contributed by atoms with E-state index in [1.165, 1.54) is 4.88 Å². The number of thioether (sulfide) groups is 1. The number of phenolic OH excluding ortho intramolecular Hbond substituents is 1. The molecule has 0 aliphatic rings. The SMILES string of the molecule is Cc1ncc(CSc2cccc(O)c2)s1. The van der Waals surface area contributed by atoms with Crippen molar-refractivity contribution in [2.75, 3.05) is 0 Å². The quantitative estimate of drug-likeness (QED) is 0.830. The average Bonchev–Trinajstić information content (AvgIpc) is 2.62. The van der Waals surface area contributed by atoms with Crippen LogP contribution in [0, 0.1) is 6.92 Å². The first-order valence-electron chi connectivity index (χ1n) is 4.57. The van der Waals surface area contributed by atoms with E-state index >= 15 is 0 Å². The maximum Gasteiger partial charge on any atom is 0.116 e. The van der Waals surface area contributed by atoms with Crippen molar-refractivity contribution in [3.63, 3.8) is 0 Å². The molecule has 0 radical (unpaired) electrons. The van der Waals surface area contributed by atoms with Crippen molar-refractivity contribution in [3.05, 3.63) is 40.3 Å². The normalized spacial score (nSPS) is 10.5. The standard InChI is InChI=1S/C11H11NOS2/c1-8-12-6-11(15-8)7-14-10-4-2-3-9(13)5-10/h2-6,13H,7H2,1H3. The van der Waals surface area contributed by atoms with Gasteiger partial charge in [-0.3, -0.25) is 0 Å². The van der Waals surface area contributed by atoms with Gasteiger partial charge in [0.05, 0.1) is 5.01 Å². The van der Waals surface area contributed by atoms with Crippen molar-refractivity contribution >= 4 is 23.1 Å². The molecule has 1 aromatic heterocycles. The molecule has 0 bridgehead atoms. The second-order valence-electron chi connectivity index (χ2n) is 3.13. The van der Waals surface area contributed by atoms with Crippen LogP contribution in [0.15, 0.2) is 35.4 Å². The Labute approximate surface area is 97.0 Å². The highest BCUT2D eigenvalue weighted by molar-refractivity contribution is 7.98. The van der Waals surface area contributed by atoms with Gasteiger partial charge in [-0.2, -0.15) is 0 Å². The minimum Gasteiger partial charge on any atom is -0.508 e. The number of phenols is 1. The van der Waals surface area contributed by atoms with Crippen LogP contribution < -0.4 is 0 Å². The largest absolute Gasteiger partial charge is 0.508 e. The van der Waals surface area contributed by atoms with Gasteiger partial charge in [0, 0.05) is 21.7 Å².